The van der Waals surface area contributed by atoms with Crippen LogP contribution in [0.5, 0.6) is 0 Å². The van der Waals surface area contributed by atoms with Gasteiger partial charge in [0, 0.05) is 23.9 Å². The van der Waals surface area contributed by atoms with Crippen LogP contribution < -0.4 is 0 Å². The minimum atomic E-state index is -0.856. The highest BCUT2D eigenvalue weighted by molar-refractivity contribution is 6.06. The average Bonchev–Trinajstić information content (AvgIpc) is 3.23. The van der Waals surface area contributed by atoms with Gasteiger partial charge in [-0.05, 0) is 37.0 Å². The van der Waals surface area contributed by atoms with Gasteiger partial charge in [0.2, 0.25) is 0 Å². The van der Waals surface area contributed by atoms with E-state index >= 15 is 0 Å². The van der Waals surface area contributed by atoms with E-state index in [1.165, 1.54) is 0 Å². The minimum absolute atomic E-state index is 0.0546. The summed E-state index contributed by atoms with van der Waals surface area (Å²) in [7, 11) is 0. The lowest BCUT2D eigenvalue weighted by molar-refractivity contribution is -0.110. The Morgan fingerprint density at radius 1 is 1.11 bits per heavy atom. The Balaban J connectivity index is 1.51. The van der Waals surface area contributed by atoms with E-state index < -0.39 is 5.60 Å². The number of aromatic nitrogens is 2. The number of carbonyl (C=O) groups is 1. The zero-order valence-corrected chi connectivity index (χ0v) is 15.8. The van der Waals surface area contributed by atoms with Crippen LogP contribution in [0.4, 0.5) is 0 Å². The zero-order valence-electron chi connectivity index (χ0n) is 15.8. The average molecular weight is 375 g/mol. The summed E-state index contributed by atoms with van der Waals surface area (Å²) < 4.78 is 0. The van der Waals surface area contributed by atoms with Crippen molar-refractivity contribution in [2.24, 2.45) is 5.92 Å². The van der Waals surface area contributed by atoms with E-state index in [0.717, 1.165) is 42.1 Å². The third-order valence-electron chi connectivity index (χ3n) is 6.73. The monoisotopic (exact) mass is 375 g/mol. The molecule has 0 radical (unpaired) electrons. The molecule has 1 saturated carbocycles. The molecule has 1 aliphatic carbocycles. The largest absolute Gasteiger partial charge is 0.385 e. The number of benzene rings is 2. The summed E-state index contributed by atoms with van der Waals surface area (Å²) in [5, 5.41) is 19.6. The molecule has 2 fully saturated rings. The molecule has 2 N–H and O–H groups in total. The Bertz CT molecular complexity index is 999. The molecule has 3 aromatic rings. The number of likely N-dealkylation sites (tertiary alicyclic amines) is 1. The van der Waals surface area contributed by atoms with Crippen LogP contribution in [0.2, 0.25) is 0 Å². The second-order valence-electron chi connectivity index (χ2n) is 8.13. The molecular formula is C23H25N3O2. The molecule has 0 unspecified atom stereocenters. The molecule has 0 spiro atoms. The van der Waals surface area contributed by atoms with Crippen LogP contribution in [0.3, 0.4) is 0 Å². The predicted octanol–water partition coefficient (Wildman–Crippen LogP) is 3.86. The van der Waals surface area contributed by atoms with E-state index in [0.29, 0.717) is 18.5 Å². The topological polar surface area (TPSA) is 69.2 Å². The van der Waals surface area contributed by atoms with Gasteiger partial charge in [0.05, 0.1) is 22.9 Å². The number of hydrogen-bond donors (Lipinski definition) is 2. The smallest absolute Gasteiger partial charge is 0.254 e. The van der Waals surface area contributed by atoms with Gasteiger partial charge < -0.3 is 10.0 Å². The van der Waals surface area contributed by atoms with Crippen molar-refractivity contribution >= 4 is 16.8 Å². The lowest BCUT2D eigenvalue weighted by atomic mass is 9.66. The Morgan fingerprint density at radius 2 is 1.93 bits per heavy atom. The van der Waals surface area contributed by atoms with Gasteiger partial charge in [-0.15, -0.1) is 0 Å². The number of carbonyl (C=O) groups excluding carboxylic acids is 1. The summed E-state index contributed by atoms with van der Waals surface area (Å²) >= 11 is 0. The van der Waals surface area contributed by atoms with E-state index in [1.54, 1.807) is 6.20 Å². The van der Waals surface area contributed by atoms with Gasteiger partial charge in [0.15, 0.2) is 0 Å². The van der Waals surface area contributed by atoms with Crippen LogP contribution in [0, 0.1) is 5.92 Å². The Morgan fingerprint density at radius 3 is 2.79 bits per heavy atom. The van der Waals surface area contributed by atoms with Crippen molar-refractivity contribution in [1.82, 2.24) is 15.1 Å². The Labute approximate surface area is 164 Å². The van der Waals surface area contributed by atoms with Crippen LogP contribution in [-0.2, 0) is 5.60 Å². The van der Waals surface area contributed by atoms with Crippen LogP contribution in [0.15, 0.2) is 54.7 Å². The van der Waals surface area contributed by atoms with Gasteiger partial charge in [-0.2, -0.15) is 5.10 Å². The number of H-pyrrole nitrogens is 1. The van der Waals surface area contributed by atoms with Gasteiger partial charge in [0.1, 0.15) is 0 Å². The lowest BCUT2D eigenvalue weighted by Gasteiger charge is -2.52. The van der Waals surface area contributed by atoms with Crippen LogP contribution >= 0.6 is 0 Å². The maximum absolute atomic E-state index is 13.5. The quantitative estimate of drug-likeness (QED) is 0.715. The lowest BCUT2D eigenvalue weighted by Crippen LogP contribution is -2.59. The molecule has 1 amide bonds. The number of hydrogen-bond acceptors (Lipinski definition) is 3. The Hall–Kier alpha value is -2.66. The highest BCUT2D eigenvalue weighted by Crippen LogP contribution is 2.47. The molecule has 5 rings (SSSR count). The molecule has 1 aromatic heterocycles. The molecule has 1 aliphatic heterocycles. The first-order valence-electron chi connectivity index (χ1n) is 10.2. The molecule has 2 heterocycles. The summed E-state index contributed by atoms with van der Waals surface area (Å²) in [6, 6.07) is 15.8. The van der Waals surface area contributed by atoms with Crippen molar-refractivity contribution < 1.29 is 9.90 Å². The van der Waals surface area contributed by atoms with Gasteiger partial charge in [-0.3, -0.25) is 9.89 Å². The fourth-order valence-electron chi connectivity index (χ4n) is 5.33. The van der Waals surface area contributed by atoms with Gasteiger partial charge in [-0.25, -0.2) is 0 Å². The first-order valence-corrected chi connectivity index (χ1v) is 10.2. The van der Waals surface area contributed by atoms with Crippen molar-refractivity contribution in [3.05, 3.63) is 65.9 Å². The summed E-state index contributed by atoms with van der Waals surface area (Å²) in [4.78, 5) is 15.5. The summed E-state index contributed by atoms with van der Waals surface area (Å²) in [6.45, 7) is 0.569. The molecule has 1 saturated heterocycles. The number of nitrogens with one attached hydrogen (secondary N) is 1. The summed E-state index contributed by atoms with van der Waals surface area (Å²) in [5.41, 5.74) is 1.70. The fourth-order valence-corrected chi connectivity index (χ4v) is 5.33. The second kappa shape index (κ2) is 6.74. The standard InChI is InChI=1S/C23H25N3O2/c27-22(17-9-6-11-20-18(17)15-24-25-20)26-14-13-23(28,16-7-2-1-3-8-16)19-10-4-5-12-21(19)26/h1-3,6-9,11,15,19,21,28H,4-5,10,12-14H2,(H,24,25)/t19-,21+,23-/m0/s1. The van der Waals surface area contributed by atoms with Crippen molar-refractivity contribution in [3.63, 3.8) is 0 Å². The van der Waals surface area contributed by atoms with Crippen molar-refractivity contribution in [3.8, 4) is 0 Å². The van der Waals surface area contributed by atoms with E-state index in [9.17, 15) is 9.90 Å². The molecule has 28 heavy (non-hydrogen) atoms. The zero-order chi connectivity index (χ0) is 19.1. The van der Waals surface area contributed by atoms with Crippen molar-refractivity contribution in [2.75, 3.05) is 6.54 Å². The first-order chi connectivity index (χ1) is 13.7. The normalized spacial score (nSPS) is 27.5. The number of aliphatic hydroxyl groups is 1. The highest BCUT2D eigenvalue weighted by Gasteiger charge is 2.50. The highest BCUT2D eigenvalue weighted by atomic mass is 16.3. The fraction of sp³-hybridized carbons (Fsp3) is 0.391. The van der Waals surface area contributed by atoms with E-state index in [2.05, 4.69) is 10.2 Å². The van der Waals surface area contributed by atoms with Crippen LogP contribution in [0.1, 0.15) is 48.0 Å². The molecule has 5 nitrogen and oxygen atoms in total. The second-order valence-corrected chi connectivity index (χ2v) is 8.13. The minimum Gasteiger partial charge on any atom is -0.385 e. The predicted molar refractivity (Wildman–Crippen MR) is 108 cm³/mol. The third-order valence-corrected chi connectivity index (χ3v) is 6.73. The van der Waals surface area contributed by atoms with Crippen LogP contribution in [-0.4, -0.2) is 38.7 Å². The first kappa shape index (κ1) is 17.4. The van der Waals surface area contributed by atoms with E-state index in [1.807, 2.05) is 53.4 Å². The third kappa shape index (κ3) is 2.65. The maximum Gasteiger partial charge on any atom is 0.254 e. The molecule has 2 aromatic carbocycles. The van der Waals surface area contributed by atoms with Crippen molar-refractivity contribution in [2.45, 2.75) is 43.7 Å². The SMILES string of the molecule is O=C(c1cccc2[nH]ncc12)N1CC[C@](O)(c2ccccc2)[C@H]2CCCC[C@H]21. The molecule has 2 aliphatic rings. The number of nitrogens with zero attached hydrogens (tertiary/aromatic N) is 2. The number of piperidine rings is 1. The molecule has 144 valence electrons. The van der Waals surface area contributed by atoms with E-state index in [-0.39, 0.29) is 17.9 Å². The molecule has 5 heteroatoms. The van der Waals surface area contributed by atoms with Crippen LogP contribution in [0.25, 0.3) is 10.9 Å². The number of fused-ring (bicyclic) bond motifs is 2. The number of rotatable bonds is 2. The maximum atomic E-state index is 13.5. The summed E-state index contributed by atoms with van der Waals surface area (Å²) in [5.74, 6) is 0.129. The molecule has 0 bridgehead atoms. The number of amides is 1. The van der Waals surface area contributed by atoms with E-state index in [4.69, 9.17) is 0 Å². The molecule has 3 atom stereocenters. The number of aromatic amines is 1. The van der Waals surface area contributed by atoms with Gasteiger partial charge in [-0.1, -0.05) is 49.2 Å². The summed E-state index contributed by atoms with van der Waals surface area (Å²) in [6.07, 6.45) is 6.42. The van der Waals surface area contributed by atoms with Gasteiger partial charge >= 0.3 is 0 Å². The molecular weight excluding hydrogens is 350 g/mol. The van der Waals surface area contributed by atoms with Crippen molar-refractivity contribution in [1.29, 1.82) is 0 Å². The van der Waals surface area contributed by atoms with Gasteiger partial charge in [0.25, 0.3) is 5.91 Å². The Kier molecular flexibility index (Phi) is 4.20.